The maximum atomic E-state index is 10.9. The lowest BCUT2D eigenvalue weighted by Gasteiger charge is -2.05. The molecule has 1 N–H and O–H groups in total. The minimum atomic E-state index is -0.516. The van der Waals surface area contributed by atoms with E-state index in [1.54, 1.807) is 31.4 Å². The van der Waals surface area contributed by atoms with Gasteiger partial charge in [-0.05, 0) is 30.3 Å². The predicted octanol–water partition coefficient (Wildman–Crippen LogP) is 3.31. The minimum absolute atomic E-state index is 0.102. The van der Waals surface area contributed by atoms with Crippen molar-refractivity contribution in [3.05, 3.63) is 64.0 Å². The molecule has 0 atom stereocenters. The third-order valence-electron chi connectivity index (χ3n) is 3.42. The van der Waals surface area contributed by atoms with Crippen LogP contribution in [0.2, 0.25) is 0 Å². The molecule has 0 saturated heterocycles. The number of non-ortho nitro benzene ring substituents is 1. The van der Waals surface area contributed by atoms with Gasteiger partial charge in [-0.2, -0.15) is 0 Å². The van der Waals surface area contributed by atoms with E-state index in [9.17, 15) is 15.3 Å². The molecule has 1 heterocycles. The first-order chi connectivity index (χ1) is 11.1. The first kappa shape index (κ1) is 14.6. The fraction of sp³-hybridized carbons (Fsp3) is 0.0625. The zero-order valence-corrected chi connectivity index (χ0v) is 12.1. The Morgan fingerprint density at radius 3 is 2.52 bits per heavy atom. The Bertz CT molecular complexity index is 945. The van der Waals surface area contributed by atoms with Crippen LogP contribution >= 0.6 is 0 Å². The van der Waals surface area contributed by atoms with Gasteiger partial charge in [-0.1, -0.05) is 5.16 Å². The van der Waals surface area contributed by atoms with Gasteiger partial charge in [-0.3, -0.25) is 10.1 Å². The molecule has 1 aromatic heterocycles. The Kier molecular flexibility index (Phi) is 3.68. The fourth-order valence-corrected chi connectivity index (χ4v) is 2.25. The highest BCUT2D eigenvalue weighted by molar-refractivity contribution is 5.80. The van der Waals surface area contributed by atoms with Crippen LogP contribution in [0.5, 0.6) is 5.75 Å². The molecule has 116 valence electrons. The third-order valence-corrected chi connectivity index (χ3v) is 3.42. The summed E-state index contributed by atoms with van der Waals surface area (Å²) < 4.78 is 10.9. The van der Waals surface area contributed by atoms with Gasteiger partial charge in [0.2, 0.25) is 0 Å². The van der Waals surface area contributed by atoms with Gasteiger partial charge in [0.1, 0.15) is 22.5 Å². The van der Waals surface area contributed by atoms with E-state index < -0.39 is 4.92 Å². The number of methoxy groups -OCH3 is 1. The van der Waals surface area contributed by atoms with Crippen molar-refractivity contribution in [3.63, 3.8) is 0 Å². The van der Waals surface area contributed by atoms with Gasteiger partial charge in [-0.15, -0.1) is 0 Å². The second kappa shape index (κ2) is 5.80. The van der Waals surface area contributed by atoms with Gasteiger partial charge < -0.3 is 14.4 Å². The number of hydrogen-bond acceptors (Lipinski definition) is 6. The first-order valence-corrected chi connectivity index (χ1v) is 6.67. The Hall–Kier alpha value is -3.35. The maximum Gasteiger partial charge on any atom is 0.270 e. The van der Waals surface area contributed by atoms with E-state index in [2.05, 4.69) is 5.16 Å². The topological polar surface area (TPSA) is 98.1 Å². The molecule has 7 nitrogen and oxygen atoms in total. The first-order valence-electron chi connectivity index (χ1n) is 6.67. The molecule has 0 unspecified atom stereocenters. The summed E-state index contributed by atoms with van der Waals surface area (Å²) in [6, 6.07) is 12.8. The number of nitrogens with zero attached hydrogens (tertiary/aromatic N) is 2. The summed E-state index contributed by atoms with van der Waals surface area (Å²) in [5.74, 6) is 1.18. The molecule has 2 aromatic carbocycles. The summed E-state index contributed by atoms with van der Waals surface area (Å²) in [7, 11) is 1.57. The molecule has 0 amide bonds. The highest BCUT2D eigenvalue weighted by atomic mass is 16.6. The smallest absolute Gasteiger partial charge is 0.270 e. The van der Waals surface area contributed by atoms with Gasteiger partial charge in [-0.25, -0.2) is 0 Å². The molecule has 0 radical (unpaired) electrons. The van der Waals surface area contributed by atoms with Gasteiger partial charge in [0.25, 0.3) is 5.69 Å². The van der Waals surface area contributed by atoms with Crippen molar-refractivity contribution in [2.45, 2.75) is 0 Å². The summed E-state index contributed by atoms with van der Waals surface area (Å²) in [6.45, 7) is 0. The fourth-order valence-electron chi connectivity index (χ4n) is 2.25. The van der Waals surface area contributed by atoms with Crippen molar-refractivity contribution in [1.29, 1.82) is 0 Å². The summed E-state index contributed by atoms with van der Waals surface area (Å²) in [5, 5.41) is 23.8. The number of hydrogen-bond donors (Lipinski definition) is 1. The Morgan fingerprint density at radius 1 is 1.17 bits per heavy atom. The van der Waals surface area contributed by atoms with Crippen LogP contribution in [-0.2, 0) is 0 Å². The summed E-state index contributed by atoms with van der Waals surface area (Å²) in [5.41, 5.74) is 1.04. The van der Waals surface area contributed by atoms with E-state index in [4.69, 9.17) is 9.15 Å². The summed E-state index contributed by atoms with van der Waals surface area (Å²) >= 11 is 0. The van der Waals surface area contributed by atoms with Crippen LogP contribution in [0, 0.1) is 10.1 Å². The predicted molar refractivity (Wildman–Crippen MR) is 82.2 cm³/mol. The molecule has 0 spiro atoms. The van der Waals surface area contributed by atoms with E-state index in [-0.39, 0.29) is 11.0 Å². The zero-order valence-electron chi connectivity index (χ0n) is 12.1. The average molecular weight is 312 g/mol. The van der Waals surface area contributed by atoms with Gasteiger partial charge in [0, 0.05) is 23.8 Å². The molecule has 0 aliphatic carbocycles. The molecule has 3 rings (SSSR count). The number of nitro groups is 1. The van der Waals surface area contributed by atoms with Crippen molar-refractivity contribution >= 4 is 16.7 Å². The molecule has 7 heteroatoms. The van der Waals surface area contributed by atoms with Crippen molar-refractivity contribution in [2.24, 2.45) is 5.16 Å². The third kappa shape index (κ3) is 2.71. The SMILES string of the molecule is COc1ccc(-c2c/c(=N/O)c3cc([N+](=O)[O-])ccc3o2)cc1. The van der Waals surface area contributed by atoms with Crippen LogP contribution < -0.4 is 10.1 Å². The molecular weight excluding hydrogens is 300 g/mol. The molecule has 0 fully saturated rings. The van der Waals surface area contributed by atoms with Crippen molar-refractivity contribution in [1.82, 2.24) is 0 Å². The van der Waals surface area contributed by atoms with Crippen LogP contribution in [0.3, 0.4) is 0 Å². The zero-order chi connectivity index (χ0) is 16.4. The molecule has 0 aliphatic rings. The number of rotatable bonds is 3. The number of ether oxygens (including phenoxy) is 1. The molecular formula is C16H12N2O5. The van der Waals surface area contributed by atoms with Crippen molar-refractivity contribution in [2.75, 3.05) is 7.11 Å². The average Bonchev–Trinajstić information content (AvgIpc) is 2.60. The summed E-state index contributed by atoms with van der Waals surface area (Å²) in [6.07, 6.45) is 0. The molecule has 0 aliphatic heterocycles. The lowest BCUT2D eigenvalue weighted by molar-refractivity contribution is -0.384. The molecule has 0 saturated carbocycles. The minimum Gasteiger partial charge on any atom is -0.497 e. The van der Waals surface area contributed by atoms with Crippen LogP contribution in [0.15, 0.2) is 58.1 Å². The molecule has 23 heavy (non-hydrogen) atoms. The molecule has 0 bridgehead atoms. The van der Waals surface area contributed by atoms with E-state index in [0.717, 1.165) is 5.56 Å². The number of benzene rings is 2. The lowest BCUT2D eigenvalue weighted by Crippen LogP contribution is -2.04. The summed E-state index contributed by atoms with van der Waals surface area (Å²) in [4.78, 5) is 10.3. The monoisotopic (exact) mass is 312 g/mol. The van der Waals surface area contributed by atoms with Crippen molar-refractivity contribution in [3.8, 4) is 17.1 Å². The second-order valence-corrected chi connectivity index (χ2v) is 4.76. The van der Waals surface area contributed by atoms with Crippen molar-refractivity contribution < 1.29 is 19.3 Å². The highest BCUT2D eigenvalue weighted by Crippen LogP contribution is 2.26. The van der Waals surface area contributed by atoms with Gasteiger partial charge >= 0.3 is 0 Å². The Balaban J connectivity index is 2.20. The second-order valence-electron chi connectivity index (χ2n) is 4.76. The van der Waals surface area contributed by atoms with E-state index in [0.29, 0.717) is 22.5 Å². The lowest BCUT2D eigenvalue weighted by atomic mass is 10.1. The van der Waals surface area contributed by atoms with Gasteiger partial charge in [0.15, 0.2) is 0 Å². The van der Waals surface area contributed by atoms with Crippen LogP contribution in [0.4, 0.5) is 5.69 Å². The Labute approximate surface area is 130 Å². The number of nitro benzene ring substituents is 1. The van der Waals surface area contributed by atoms with Crippen LogP contribution in [-0.4, -0.2) is 17.2 Å². The molecule has 3 aromatic rings. The van der Waals surface area contributed by atoms with Crippen LogP contribution in [0.25, 0.3) is 22.3 Å². The van der Waals surface area contributed by atoms with E-state index in [1.807, 2.05) is 0 Å². The number of fused-ring (bicyclic) bond motifs is 1. The quantitative estimate of drug-likeness (QED) is 0.454. The largest absolute Gasteiger partial charge is 0.497 e. The normalized spacial score (nSPS) is 11.6. The maximum absolute atomic E-state index is 10.9. The van der Waals surface area contributed by atoms with Gasteiger partial charge in [0.05, 0.1) is 17.4 Å². The highest BCUT2D eigenvalue weighted by Gasteiger charge is 2.11. The Morgan fingerprint density at radius 2 is 1.91 bits per heavy atom. The standard InChI is InChI=1S/C16H12N2O5/c1-22-12-5-2-10(3-6-12)16-9-14(17-19)13-8-11(18(20)21)4-7-15(13)23-16/h2-9,19H,1H3/b17-14-. The van der Waals surface area contributed by atoms with Crippen LogP contribution in [0.1, 0.15) is 0 Å². The van der Waals surface area contributed by atoms with E-state index in [1.165, 1.54) is 24.3 Å². The van der Waals surface area contributed by atoms with E-state index >= 15 is 0 Å².